The zero-order valence-corrected chi connectivity index (χ0v) is 16.4. The molecule has 5 rings (SSSR count). The van der Waals surface area contributed by atoms with E-state index >= 15 is 0 Å². The number of H-pyrrole nitrogens is 1. The van der Waals surface area contributed by atoms with Crippen LogP contribution in [0.3, 0.4) is 0 Å². The SMILES string of the molecule is O=c1[nH]c(CN2CCC[C@@H]2c2cccs2)nc2scc(-c3ccccc3)c12. The Hall–Kier alpha value is -2.28. The molecule has 1 saturated heterocycles. The minimum Gasteiger partial charge on any atom is -0.309 e. The van der Waals surface area contributed by atoms with Crippen molar-refractivity contribution in [3.63, 3.8) is 0 Å². The van der Waals surface area contributed by atoms with Gasteiger partial charge in [-0.15, -0.1) is 22.7 Å². The van der Waals surface area contributed by atoms with Gasteiger partial charge in [-0.05, 0) is 36.4 Å². The fourth-order valence-electron chi connectivity index (χ4n) is 3.91. The van der Waals surface area contributed by atoms with Gasteiger partial charge in [0.15, 0.2) is 0 Å². The second kappa shape index (κ2) is 7.03. The van der Waals surface area contributed by atoms with Gasteiger partial charge in [-0.1, -0.05) is 36.4 Å². The maximum atomic E-state index is 12.8. The molecule has 1 aromatic carbocycles. The van der Waals surface area contributed by atoms with Crippen LogP contribution < -0.4 is 5.56 Å². The summed E-state index contributed by atoms with van der Waals surface area (Å²) in [4.78, 5) is 25.3. The second-order valence-electron chi connectivity index (χ2n) is 6.85. The van der Waals surface area contributed by atoms with Crippen molar-refractivity contribution >= 4 is 32.9 Å². The molecule has 1 atom stereocenters. The molecular weight excluding hydrogens is 374 g/mol. The normalized spacial score (nSPS) is 17.7. The first-order chi connectivity index (χ1) is 13.3. The maximum Gasteiger partial charge on any atom is 0.260 e. The molecular formula is C21H19N3OS2. The van der Waals surface area contributed by atoms with E-state index in [2.05, 4.69) is 27.4 Å². The van der Waals surface area contributed by atoms with Gasteiger partial charge in [-0.2, -0.15) is 0 Å². The number of rotatable bonds is 4. The van der Waals surface area contributed by atoms with Gasteiger partial charge in [0, 0.05) is 21.9 Å². The van der Waals surface area contributed by atoms with Crippen molar-refractivity contribution in [2.75, 3.05) is 6.54 Å². The smallest absolute Gasteiger partial charge is 0.260 e. The van der Waals surface area contributed by atoms with Crippen molar-refractivity contribution in [2.24, 2.45) is 0 Å². The Kier molecular flexibility index (Phi) is 4.39. The standard InChI is InChI=1S/C21H19N3OS2/c25-20-19-15(14-6-2-1-3-7-14)13-27-21(19)23-18(22-20)12-24-10-4-8-16(24)17-9-5-11-26-17/h1-3,5-7,9,11,13,16H,4,8,10,12H2,(H,22,23,25)/t16-/m1/s1. The van der Waals surface area contributed by atoms with Gasteiger partial charge in [0.25, 0.3) is 5.56 Å². The summed E-state index contributed by atoms with van der Waals surface area (Å²) < 4.78 is 0. The molecule has 4 aromatic rings. The van der Waals surface area contributed by atoms with Gasteiger partial charge in [0.1, 0.15) is 10.7 Å². The number of likely N-dealkylation sites (tertiary alicyclic amines) is 1. The average molecular weight is 394 g/mol. The van der Waals surface area contributed by atoms with Crippen LogP contribution in [-0.4, -0.2) is 21.4 Å². The number of aromatic amines is 1. The number of nitrogens with one attached hydrogen (secondary N) is 1. The largest absolute Gasteiger partial charge is 0.309 e. The highest BCUT2D eigenvalue weighted by Gasteiger charge is 2.27. The van der Waals surface area contributed by atoms with Crippen molar-refractivity contribution in [3.05, 3.63) is 74.3 Å². The number of nitrogens with zero attached hydrogens (tertiary/aromatic N) is 2. The topological polar surface area (TPSA) is 49.0 Å². The van der Waals surface area contributed by atoms with E-state index in [-0.39, 0.29) is 5.56 Å². The lowest BCUT2D eigenvalue weighted by Crippen LogP contribution is -2.25. The second-order valence-corrected chi connectivity index (χ2v) is 8.69. The Labute approximate surface area is 165 Å². The van der Waals surface area contributed by atoms with E-state index in [9.17, 15) is 4.79 Å². The van der Waals surface area contributed by atoms with Gasteiger partial charge in [0.05, 0.1) is 11.9 Å². The summed E-state index contributed by atoms with van der Waals surface area (Å²) in [5.41, 5.74) is 1.98. The van der Waals surface area contributed by atoms with Crippen molar-refractivity contribution in [1.29, 1.82) is 0 Å². The van der Waals surface area contributed by atoms with Crippen molar-refractivity contribution in [3.8, 4) is 11.1 Å². The number of aromatic nitrogens is 2. The van der Waals surface area contributed by atoms with Gasteiger partial charge < -0.3 is 4.98 Å². The lowest BCUT2D eigenvalue weighted by molar-refractivity contribution is 0.245. The highest BCUT2D eigenvalue weighted by molar-refractivity contribution is 7.17. The van der Waals surface area contributed by atoms with Crippen LogP contribution >= 0.6 is 22.7 Å². The molecule has 0 unspecified atom stereocenters. The van der Waals surface area contributed by atoms with E-state index in [0.29, 0.717) is 18.0 Å². The van der Waals surface area contributed by atoms with E-state index in [4.69, 9.17) is 4.98 Å². The Morgan fingerprint density at radius 3 is 2.85 bits per heavy atom. The summed E-state index contributed by atoms with van der Waals surface area (Å²) in [5, 5.41) is 4.87. The first-order valence-corrected chi connectivity index (χ1v) is 10.9. The van der Waals surface area contributed by atoms with Gasteiger partial charge in [-0.3, -0.25) is 9.69 Å². The fraction of sp³-hybridized carbons (Fsp3) is 0.238. The highest BCUT2D eigenvalue weighted by Crippen LogP contribution is 2.35. The van der Waals surface area contributed by atoms with E-state index in [1.54, 1.807) is 11.3 Å². The van der Waals surface area contributed by atoms with Crippen LogP contribution in [0.4, 0.5) is 0 Å². The van der Waals surface area contributed by atoms with Crippen LogP contribution in [0, 0.1) is 0 Å². The molecule has 3 aromatic heterocycles. The number of thiophene rings is 2. The molecule has 0 radical (unpaired) electrons. The lowest BCUT2D eigenvalue weighted by atomic mass is 10.1. The first-order valence-electron chi connectivity index (χ1n) is 9.13. The lowest BCUT2D eigenvalue weighted by Gasteiger charge is -2.22. The molecule has 0 saturated carbocycles. The number of benzene rings is 1. The molecule has 27 heavy (non-hydrogen) atoms. The summed E-state index contributed by atoms with van der Waals surface area (Å²) in [7, 11) is 0. The van der Waals surface area contributed by atoms with E-state index in [1.165, 1.54) is 17.7 Å². The molecule has 0 spiro atoms. The van der Waals surface area contributed by atoms with Crippen LogP contribution in [0.5, 0.6) is 0 Å². The number of fused-ring (bicyclic) bond motifs is 1. The zero-order chi connectivity index (χ0) is 18.2. The van der Waals surface area contributed by atoms with Crippen LogP contribution in [0.15, 0.2) is 58.0 Å². The van der Waals surface area contributed by atoms with Crippen molar-refractivity contribution in [2.45, 2.75) is 25.4 Å². The molecule has 4 nitrogen and oxygen atoms in total. The molecule has 136 valence electrons. The first kappa shape index (κ1) is 16.9. The molecule has 1 fully saturated rings. The number of hydrogen-bond acceptors (Lipinski definition) is 5. The van der Waals surface area contributed by atoms with Gasteiger partial charge in [0.2, 0.25) is 0 Å². The van der Waals surface area contributed by atoms with E-state index in [0.717, 1.165) is 28.3 Å². The Morgan fingerprint density at radius 2 is 2.04 bits per heavy atom. The summed E-state index contributed by atoms with van der Waals surface area (Å²) >= 11 is 3.36. The fourth-order valence-corrected chi connectivity index (χ4v) is 5.77. The Morgan fingerprint density at radius 1 is 1.15 bits per heavy atom. The average Bonchev–Trinajstić information content (AvgIpc) is 3.42. The molecule has 0 aliphatic carbocycles. The molecule has 1 aliphatic rings. The van der Waals surface area contributed by atoms with Crippen molar-refractivity contribution < 1.29 is 0 Å². The maximum absolute atomic E-state index is 12.8. The van der Waals surface area contributed by atoms with Gasteiger partial charge >= 0.3 is 0 Å². The van der Waals surface area contributed by atoms with Crippen molar-refractivity contribution in [1.82, 2.24) is 14.9 Å². The summed E-state index contributed by atoms with van der Waals surface area (Å²) in [6.07, 6.45) is 2.36. The third kappa shape index (κ3) is 3.14. The van der Waals surface area contributed by atoms with Gasteiger partial charge in [-0.25, -0.2) is 4.98 Å². The minimum atomic E-state index is -0.0398. The monoisotopic (exact) mass is 393 g/mol. The molecule has 1 N–H and O–H groups in total. The quantitative estimate of drug-likeness (QED) is 0.528. The van der Waals surface area contributed by atoms with Crippen LogP contribution in [-0.2, 0) is 6.54 Å². The van der Waals surface area contributed by atoms with Crippen LogP contribution in [0.25, 0.3) is 21.3 Å². The summed E-state index contributed by atoms with van der Waals surface area (Å²) in [5.74, 6) is 0.761. The van der Waals surface area contributed by atoms with Crippen LogP contribution in [0.2, 0.25) is 0 Å². The molecule has 0 bridgehead atoms. The Balaban J connectivity index is 1.48. The predicted octanol–water partition coefficient (Wildman–Crippen LogP) is 5.05. The molecule has 0 amide bonds. The number of hydrogen-bond donors (Lipinski definition) is 1. The summed E-state index contributed by atoms with van der Waals surface area (Å²) in [6, 6.07) is 14.8. The summed E-state index contributed by atoms with van der Waals surface area (Å²) in [6.45, 7) is 1.73. The molecule has 1 aliphatic heterocycles. The third-order valence-corrected chi connectivity index (χ3v) is 7.01. The van der Waals surface area contributed by atoms with E-state index in [1.807, 2.05) is 47.0 Å². The predicted molar refractivity (Wildman–Crippen MR) is 112 cm³/mol. The van der Waals surface area contributed by atoms with E-state index < -0.39 is 0 Å². The molecule has 4 heterocycles. The minimum absolute atomic E-state index is 0.0398. The Bertz CT molecular complexity index is 1120. The van der Waals surface area contributed by atoms with Crippen LogP contribution in [0.1, 0.15) is 29.6 Å². The highest BCUT2D eigenvalue weighted by atomic mass is 32.1. The third-order valence-electron chi connectivity index (χ3n) is 5.17. The zero-order valence-electron chi connectivity index (χ0n) is 14.7. The molecule has 6 heteroatoms.